The largest absolute Gasteiger partial charge is 1.00 e. The molecule has 0 aliphatic rings. The van der Waals surface area contributed by atoms with E-state index in [0.717, 1.165) is 6.07 Å². The molecule has 0 amide bonds. The average Bonchev–Trinajstić information content (AvgIpc) is 2.19. The minimum atomic E-state index is -4.40. The maximum absolute atomic E-state index is 10.7. The molecule has 5 nitrogen and oxygen atoms in total. The topological polar surface area (TPSA) is 94.8 Å². The smallest absolute Gasteiger partial charge is 0.521 e. The summed E-state index contributed by atoms with van der Waals surface area (Å²) in [5, 5.41) is 17.5. The first kappa shape index (κ1) is 18.2. The Balaban J connectivity index is 0. The summed E-state index contributed by atoms with van der Waals surface area (Å²) in [5.41, 5.74) is -0.245. The fraction of sp³-hybridized carbons (Fsp3) is 0.111. The van der Waals surface area contributed by atoms with Gasteiger partial charge in [-0.1, -0.05) is 18.2 Å². The third-order valence-electron chi connectivity index (χ3n) is 1.48. The summed E-state index contributed by atoms with van der Waals surface area (Å²) in [4.78, 5) is -0.495. The summed E-state index contributed by atoms with van der Waals surface area (Å²) >= 11 is 0. The molecule has 3 N–H and O–H groups in total. The Labute approximate surface area is 116 Å². The van der Waals surface area contributed by atoms with Gasteiger partial charge >= 0.3 is 29.6 Å². The van der Waals surface area contributed by atoms with Gasteiger partial charge in [0.1, 0.15) is 4.90 Å². The molecule has 0 saturated carbocycles. The minimum absolute atomic E-state index is 0. The Morgan fingerprint density at radius 3 is 1.94 bits per heavy atom. The van der Waals surface area contributed by atoms with E-state index in [9.17, 15) is 8.42 Å². The van der Waals surface area contributed by atoms with Crippen molar-refractivity contribution >= 4 is 10.1 Å². The Morgan fingerprint density at radius 2 is 1.62 bits per heavy atom. The Kier molecular flexibility index (Phi) is 9.04. The second-order valence-corrected chi connectivity index (χ2v) is 3.78. The summed E-state index contributed by atoms with van der Waals surface area (Å²) in [6.07, 6.45) is -1.92. The van der Waals surface area contributed by atoms with Crippen molar-refractivity contribution in [3.8, 4) is 0 Å². The first-order chi connectivity index (χ1) is 6.93. The van der Waals surface area contributed by atoms with E-state index in [1.807, 2.05) is 0 Å². The molecule has 84 valence electrons. The molecule has 7 heteroatoms. The van der Waals surface area contributed by atoms with Crippen LogP contribution in [0.15, 0.2) is 35.7 Å². The number of benzene rings is 1. The van der Waals surface area contributed by atoms with Crippen molar-refractivity contribution in [1.29, 1.82) is 0 Å². The molecule has 1 aromatic rings. The molecule has 0 aliphatic heterocycles. The predicted octanol–water partition coefficient (Wildman–Crippen LogP) is -2.47. The second kappa shape index (κ2) is 7.97. The molecule has 0 radical (unpaired) electrons. The molecular weight excluding hydrogens is 243 g/mol. The summed E-state index contributed by atoms with van der Waals surface area (Å²) in [6, 6.07) is 5.09. The van der Waals surface area contributed by atoms with Crippen molar-refractivity contribution < 1.29 is 52.7 Å². The number of hydrogen-bond donors (Lipinski definition) is 3. The molecule has 0 aromatic heterocycles. The van der Waals surface area contributed by atoms with E-state index in [-0.39, 0.29) is 35.1 Å². The first-order valence-electron chi connectivity index (χ1n) is 3.76. The predicted molar refractivity (Wildman–Crippen MR) is 53.4 cm³/mol. The van der Waals surface area contributed by atoms with Gasteiger partial charge in [-0.25, -0.2) is 0 Å². The first-order valence-corrected chi connectivity index (χ1v) is 5.20. The van der Waals surface area contributed by atoms with Crippen LogP contribution in [-0.2, 0) is 10.1 Å². The van der Waals surface area contributed by atoms with Gasteiger partial charge in [-0.15, -0.1) is 0 Å². The van der Waals surface area contributed by atoms with Crippen LogP contribution in [0.25, 0.3) is 0 Å². The number of aliphatic hydroxyl groups excluding tert-OH is 1. The number of hydrogen-bond acceptors (Lipinski definition) is 4. The van der Waals surface area contributed by atoms with Crippen LogP contribution in [0.2, 0.25) is 0 Å². The molecule has 0 atom stereocenters. The molecule has 0 fully saturated rings. The summed E-state index contributed by atoms with van der Waals surface area (Å²) in [5.74, 6) is 0. The van der Waals surface area contributed by atoms with E-state index >= 15 is 0 Å². The van der Waals surface area contributed by atoms with Crippen molar-refractivity contribution in [3.05, 3.63) is 43.0 Å². The fourth-order valence-electron chi connectivity index (χ4n) is 0.929. The molecule has 0 heterocycles. The molecule has 0 unspecified atom stereocenters. The van der Waals surface area contributed by atoms with E-state index in [0.29, 0.717) is 0 Å². The van der Waals surface area contributed by atoms with Gasteiger partial charge in [0.05, 0.1) is 0 Å². The van der Waals surface area contributed by atoms with E-state index in [2.05, 4.69) is 13.2 Å². The zero-order valence-corrected chi connectivity index (χ0v) is 11.6. The standard InChI is InChI=1S/C7H8O5S.C2H3.Na/c8-7(9)5-3-1-2-4-6(5)13(10,11)12;1-2;/h1-4,7-9H,(H,10,11,12);1H,2H2;/q;-1;+1. The minimum Gasteiger partial charge on any atom is -0.521 e. The Bertz CT molecular complexity index is 416. The van der Waals surface area contributed by atoms with E-state index in [4.69, 9.17) is 14.8 Å². The van der Waals surface area contributed by atoms with E-state index in [1.54, 1.807) is 0 Å². The molecule has 0 bridgehead atoms. The number of aliphatic hydroxyl groups is 2. The van der Waals surface area contributed by atoms with Crippen molar-refractivity contribution in [2.24, 2.45) is 0 Å². The Hall–Kier alpha value is -0.210. The van der Waals surface area contributed by atoms with Gasteiger partial charge < -0.3 is 16.8 Å². The van der Waals surface area contributed by atoms with Crippen LogP contribution in [0.1, 0.15) is 11.9 Å². The molecule has 0 saturated heterocycles. The average molecular weight is 254 g/mol. The monoisotopic (exact) mass is 254 g/mol. The van der Waals surface area contributed by atoms with Crippen LogP contribution in [0.3, 0.4) is 0 Å². The van der Waals surface area contributed by atoms with Crippen molar-refractivity contribution in [1.82, 2.24) is 0 Å². The van der Waals surface area contributed by atoms with Crippen LogP contribution >= 0.6 is 0 Å². The van der Waals surface area contributed by atoms with Crippen LogP contribution in [0, 0.1) is 6.58 Å². The van der Waals surface area contributed by atoms with Crippen LogP contribution in [-0.4, -0.2) is 23.2 Å². The van der Waals surface area contributed by atoms with Crippen molar-refractivity contribution in [2.45, 2.75) is 11.2 Å². The molecule has 16 heavy (non-hydrogen) atoms. The van der Waals surface area contributed by atoms with Gasteiger partial charge in [-0.2, -0.15) is 8.42 Å². The van der Waals surface area contributed by atoms with E-state index < -0.39 is 21.3 Å². The van der Waals surface area contributed by atoms with Gasteiger partial charge in [0.25, 0.3) is 10.1 Å². The van der Waals surface area contributed by atoms with Gasteiger partial charge in [0.15, 0.2) is 6.29 Å². The van der Waals surface area contributed by atoms with Crippen LogP contribution in [0.4, 0.5) is 0 Å². The second-order valence-electron chi connectivity index (χ2n) is 2.39. The summed E-state index contributed by atoms with van der Waals surface area (Å²) in [7, 11) is -4.40. The van der Waals surface area contributed by atoms with Gasteiger partial charge in [-0.05, 0) is 6.07 Å². The van der Waals surface area contributed by atoms with Gasteiger partial charge in [0.2, 0.25) is 0 Å². The van der Waals surface area contributed by atoms with E-state index in [1.165, 1.54) is 18.2 Å². The quantitative estimate of drug-likeness (QED) is 0.235. The Morgan fingerprint density at radius 1 is 1.19 bits per heavy atom. The maximum Gasteiger partial charge on any atom is 1.00 e. The SMILES string of the molecule is O=S(=O)(O)c1ccccc1C(O)O.[CH-]=C.[Na+]. The molecule has 0 spiro atoms. The molecule has 0 aliphatic carbocycles. The maximum atomic E-state index is 10.7. The molecule has 1 aromatic carbocycles. The van der Waals surface area contributed by atoms with Gasteiger partial charge in [-0.3, -0.25) is 11.1 Å². The molecular formula is C9H11NaO5S. The van der Waals surface area contributed by atoms with Crippen molar-refractivity contribution in [2.75, 3.05) is 0 Å². The van der Waals surface area contributed by atoms with Gasteiger partial charge in [0, 0.05) is 5.56 Å². The fourth-order valence-corrected chi connectivity index (χ4v) is 1.65. The van der Waals surface area contributed by atoms with Crippen molar-refractivity contribution in [3.63, 3.8) is 0 Å². The van der Waals surface area contributed by atoms with Crippen LogP contribution < -0.4 is 29.6 Å². The zero-order chi connectivity index (χ0) is 12.1. The third kappa shape index (κ3) is 5.22. The molecule has 1 rings (SSSR count). The summed E-state index contributed by atoms with van der Waals surface area (Å²) in [6.45, 7) is 7.00. The number of rotatable bonds is 2. The summed E-state index contributed by atoms with van der Waals surface area (Å²) < 4.78 is 30.1. The third-order valence-corrected chi connectivity index (χ3v) is 2.40. The normalized spacial score (nSPS) is 10.0. The zero-order valence-electron chi connectivity index (χ0n) is 8.74. The van der Waals surface area contributed by atoms with Crippen LogP contribution in [0.5, 0.6) is 0 Å².